The van der Waals surface area contributed by atoms with E-state index in [9.17, 15) is 18.0 Å². The minimum Gasteiger partial charge on any atom is -0.472 e. The number of aryl methyl sites for hydroxylation is 1. The van der Waals surface area contributed by atoms with E-state index in [2.05, 4.69) is 15.2 Å². The van der Waals surface area contributed by atoms with Gasteiger partial charge in [-0.25, -0.2) is 4.98 Å². The van der Waals surface area contributed by atoms with Gasteiger partial charge in [-0.15, -0.1) is 0 Å². The van der Waals surface area contributed by atoms with E-state index in [0.29, 0.717) is 30.6 Å². The number of rotatable bonds is 4. The number of nitrogens with zero attached hydrogens (tertiary/aromatic N) is 5. The zero-order chi connectivity index (χ0) is 22.5. The Bertz CT molecular complexity index is 1150. The molecule has 2 fully saturated rings. The average Bonchev–Trinajstić information content (AvgIpc) is 3.50. The molecule has 3 atom stereocenters. The van der Waals surface area contributed by atoms with Gasteiger partial charge >= 0.3 is 6.18 Å². The fourth-order valence-electron chi connectivity index (χ4n) is 4.66. The Labute approximate surface area is 181 Å². The molecular formula is C22H20F3N5O2. The molecule has 5 rings (SSSR count). The van der Waals surface area contributed by atoms with Crippen molar-refractivity contribution in [2.45, 2.75) is 38.1 Å². The van der Waals surface area contributed by atoms with Crippen LogP contribution >= 0.6 is 0 Å². The number of hydrogen-bond acceptors (Lipinski definition) is 5. The number of pyridine rings is 1. The minimum atomic E-state index is -4.57. The maximum absolute atomic E-state index is 13.5. The molecule has 0 radical (unpaired) electrons. The number of hydrogen-bond donors (Lipinski definition) is 0. The predicted molar refractivity (Wildman–Crippen MR) is 107 cm³/mol. The summed E-state index contributed by atoms with van der Waals surface area (Å²) in [5.74, 6) is -0.483. The maximum Gasteiger partial charge on any atom is 0.421 e. The number of fused-ring (bicyclic) bond motifs is 2. The van der Waals surface area contributed by atoms with Gasteiger partial charge in [0.15, 0.2) is 0 Å². The first kappa shape index (κ1) is 20.5. The van der Waals surface area contributed by atoms with Gasteiger partial charge in [0, 0.05) is 12.7 Å². The van der Waals surface area contributed by atoms with Crippen LogP contribution in [0.4, 0.5) is 13.2 Å². The van der Waals surface area contributed by atoms with Crippen LogP contribution in [-0.4, -0.2) is 49.5 Å². The first-order valence-corrected chi connectivity index (χ1v) is 10.3. The molecule has 2 aromatic heterocycles. The van der Waals surface area contributed by atoms with Gasteiger partial charge in [-0.3, -0.25) is 4.79 Å². The van der Waals surface area contributed by atoms with Crippen molar-refractivity contribution in [3.8, 4) is 11.6 Å². The topological polar surface area (TPSA) is 73.1 Å². The molecule has 10 heteroatoms. The standard InChI is InChI=1S/C22H20F3N5O2/c1-13-4-5-17(30-27-7-8-28-30)15(9-13)21(31)29-12-14-10-18(29)19(11-14)32-20-16(22(23,24)25)3-2-6-26-20/h2-9,14,18-19H,10-12H2,1H3. The summed E-state index contributed by atoms with van der Waals surface area (Å²) in [5, 5.41) is 8.27. The molecule has 2 aliphatic rings. The molecule has 32 heavy (non-hydrogen) atoms. The second-order valence-electron chi connectivity index (χ2n) is 8.21. The quantitative estimate of drug-likeness (QED) is 0.615. The van der Waals surface area contributed by atoms with Crippen LogP contribution in [0, 0.1) is 12.8 Å². The second-order valence-corrected chi connectivity index (χ2v) is 8.21. The predicted octanol–water partition coefficient (Wildman–Crippen LogP) is 3.67. The molecule has 1 aromatic carbocycles. The lowest BCUT2D eigenvalue weighted by Gasteiger charge is -2.34. The van der Waals surface area contributed by atoms with Gasteiger partial charge in [0.1, 0.15) is 11.7 Å². The Balaban J connectivity index is 1.42. The van der Waals surface area contributed by atoms with E-state index in [-0.39, 0.29) is 17.9 Å². The Morgan fingerprint density at radius 3 is 2.62 bits per heavy atom. The highest BCUT2D eigenvalue weighted by Gasteiger charge is 2.49. The summed E-state index contributed by atoms with van der Waals surface area (Å²) in [6.07, 6.45) is 0.489. The van der Waals surface area contributed by atoms with Gasteiger partial charge in [-0.2, -0.15) is 28.2 Å². The van der Waals surface area contributed by atoms with E-state index in [1.54, 1.807) is 17.0 Å². The lowest BCUT2D eigenvalue weighted by atomic mass is 10.0. The first-order chi connectivity index (χ1) is 15.3. The van der Waals surface area contributed by atoms with E-state index in [1.165, 1.54) is 29.5 Å². The lowest BCUT2D eigenvalue weighted by molar-refractivity contribution is -0.139. The van der Waals surface area contributed by atoms with Crippen LogP contribution in [0.5, 0.6) is 5.88 Å². The highest BCUT2D eigenvalue weighted by atomic mass is 19.4. The summed E-state index contributed by atoms with van der Waals surface area (Å²) in [7, 11) is 0. The molecule has 3 aromatic rings. The van der Waals surface area contributed by atoms with E-state index < -0.39 is 23.7 Å². The molecule has 3 heterocycles. The van der Waals surface area contributed by atoms with Crippen molar-refractivity contribution >= 4 is 5.91 Å². The highest BCUT2D eigenvalue weighted by molar-refractivity contribution is 5.98. The van der Waals surface area contributed by atoms with Crippen molar-refractivity contribution in [2.24, 2.45) is 5.92 Å². The van der Waals surface area contributed by atoms with Gasteiger partial charge in [0.2, 0.25) is 5.88 Å². The van der Waals surface area contributed by atoms with Crippen LogP contribution in [0.3, 0.4) is 0 Å². The van der Waals surface area contributed by atoms with Gasteiger partial charge in [0.25, 0.3) is 5.91 Å². The number of alkyl halides is 3. The van der Waals surface area contributed by atoms with E-state index in [1.807, 2.05) is 13.0 Å². The highest BCUT2D eigenvalue weighted by Crippen LogP contribution is 2.42. The minimum absolute atomic E-state index is 0.170. The van der Waals surface area contributed by atoms with Crippen LogP contribution in [-0.2, 0) is 6.18 Å². The summed E-state index contributed by atoms with van der Waals surface area (Å²) < 4.78 is 45.8. The molecule has 1 amide bonds. The second kappa shape index (κ2) is 7.61. The fourth-order valence-corrected chi connectivity index (χ4v) is 4.66. The molecule has 1 saturated carbocycles. The first-order valence-electron chi connectivity index (χ1n) is 10.3. The van der Waals surface area contributed by atoms with Crippen molar-refractivity contribution in [2.75, 3.05) is 6.54 Å². The number of piperidine rings is 1. The van der Waals surface area contributed by atoms with Crippen molar-refractivity contribution in [1.82, 2.24) is 24.9 Å². The number of halogens is 3. The molecule has 3 unspecified atom stereocenters. The van der Waals surface area contributed by atoms with Crippen LogP contribution < -0.4 is 4.74 Å². The molecule has 1 saturated heterocycles. The number of amides is 1. The van der Waals surface area contributed by atoms with Crippen molar-refractivity contribution in [3.63, 3.8) is 0 Å². The average molecular weight is 443 g/mol. The molecule has 166 valence electrons. The van der Waals surface area contributed by atoms with Crippen molar-refractivity contribution in [1.29, 1.82) is 0 Å². The summed E-state index contributed by atoms with van der Waals surface area (Å²) in [6, 6.07) is 7.30. The number of carbonyl (C=O) groups is 1. The number of likely N-dealkylation sites (tertiary alicyclic amines) is 1. The van der Waals surface area contributed by atoms with E-state index in [0.717, 1.165) is 11.6 Å². The summed E-state index contributed by atoms with van der Waals surface area (Å²) in [4.78, 5) is 20.4. The Hall–Kier alpha value is -3.43. The number of ether oxygens (including phenoxy) is 1. The molecule has 1 aliphatic carbocycles. The largest absolute Gasteiger partial charge is 0.472 e. The number of aromatic nitrogens is 4. The third-order valence-electron chi connectivity index (χ3n) is 6.04. The third kappa shape index (κ3) is 3.59. The Morgan fingerprint density at radius 2 is 1.91 bits per heavy atom. The molecule has 0 N–H and O–H groups in total. The third-order valence-corrected chi connectivity index (χ3v) is 6.04. The van der Waals surface area contributed by atoms with Crippen LogP contribution in [0.2, 0.25) is 0 Å². The molecule has 2 bridgehead atoms. The van der Waals surface area contributed by atoms with E-state index >= 15 is 0 Å². The maximum atomic E-state index is 13.5. The number of carbonyl (C=O) groups excluding carboxylic acids is 1. The zero-order valence-electron chi connectivity index (χ0n) is 17.2. The van der Waals surface area contributed by atoms with Crippen LogP contribution in [0.1, 0.15) is 34.3 Å². The molecule has 0 spiro atoms. The van der Waals surface area contributed by atoms with Gasteiger partial charge in [0.05, 0.1) is 29.7 Å². The SMILES string of the molecule is Cc1ccc(-n2nccn2)c(C(=O)N2CC3CC(Oc4ncccc4C(F)(F)F)C2C3)c1. The van der Waals surface area contributed by atoms with Crippen molar-refractivity contribution in [3.05, 3.63) is 65.6 Å². The van der Waals surface area contributed by atoms with Gasteiger partial charge in [-0.05, 0) is 49.9 Å². The molecule has 1 aliphatic heterocycles. The van der Waals surface area contributed by atoms with Crippen LogP contribution in [0.15, 0.2) is 48.9 Å². The summed E-state index contributed by atoms with van der Waals surface area (Å²) >= 11 is 0. The summed E-state index contributed by atoms with van der Waals surface area (Å²) in [5.41, 5.74) is 0.993. The van der Waals surface area contributed by atoms with E-state index in [4.69, 9.17) is 4.74 Å². The van der Waals surface area contributed by atoms with Crippen molar-refractivity contribution < 1.29 is 22.7 Å². The zero-order valence-corrected chi connectivity index (χ0v) is 17.2. The molecule has 7 nitrogen and oxygen atoms in total. The van der Waals surface area contributed by atoms with Crippen LogP contribution in [0.25, 0.3) is 5.69 Å². The van der Waals surface area contributed by atoms with Gasteiger partial charge < -0.3 is 9.64 Å². The smallest absolute Gasteiger partial charge is 0.421 e. The van der Waals surface area contributed by atoms with Gasteiger partial charge in [-0.1, -0.05) is 11.6 Å². The molecular weight excluding hydrogens is 423 g/mol. The number of benzene rings is 1. The normalized spacial score (nSPS) is 22.4. The fraction of sp³-hybridized carbons (Fsp3) is 0.364. The lowest BCUT2D eigenvalue weighted by Crippen LogP contribution is -2.47. The monoisotopic (exact) mass is 443 g/mol. The summed E-state index contributed by atoms with van der Waals surface area (Å²) in [6.45, 7) is 2.43. The Morgan fingerprint density at radius 1 is 1.12 bits per heavy atom. The Kier molecular flexibility index (Phi) is 4.87.